The van der Waals surface area contributed by atoms with Gasteiger partial charge in [0.05, 0.1) is 0 Å². The summed E-state index contributed by atoms with van der Waals surface area (Å²) in [5, 5.41) is 26.6. The Kier molecular flexibility index (Phi) is 4.33. The van der Waals surface area contributed by atoms with Crippen LogP contribution in [0.2, 0.25) is 10.1 Å². The van der Waals surface area contributed by atoms with Crippen molar-refractivity contribution in [1.82, 2.24) is 24.8 Å². The second-order valence-electron chi connectivity index (χ2n) is 6.13. The molecule has 2 aromatic heterocycles. The van der Waals surface area contributed by atoms with Gasteiger partial charge in [0.2, 0.25) is 0 Å². The third-order valence-corrected chi connectivity index (χ3v) is 7.79. The molecule has 9 nitrogen and oxygen atoms in total. The summed E-state index contributed by atoms with van der Waals surface area (Å²) in [6.45, 7) is 0. The topological polar surface area (TPSA) is 125 Å². The van der Waals surface area contributed by atoms with E-state index in [9.17, 15) is 15.0 Å². The Balaban J connectivity index is 1.72. The van der Waals surface area contributed by atoms with Gasteiger partial charge in [-0.1, -0.05) is 0 Å². The van der Waals surface area contributed by atoms with Crippen LogP contribution in [-0.4, -0.2) is 75.9 Å². The Hall–Kier alpha value is -1.45. The first kappa shape index (κ1) is 17.0. The summed E-state index contributed by atoms with van der Waals surface area (Å²) >= 11 is 5.67. The molecule has 0 aromatic carbocycles. The zero-order valence-electron chi connectivity index (χ0n) is 13.3. The number of carbonyl (C=O) groups is 1. The number of hydrogen-bond acceptors (Lipinski definition) is 7. The Morgan fingerprint density at radius 2 is 2.12 bits per heavy atom. The number of amides is 1. The van der Waals surface area contributed by atoms with Gasteiger partial charge in [-0.15, -0.1) is 0 Å². The van der Waals surface area contributed by atoms with E-state index in [4.69, 9.17) is 11.6 Å². The third-order valence-electron chi connectivity index (χ3n) is 4.33. The number of imidazole rings is 1. The molecule has 25 heavy (non-hydrogen) atoms. The molecule has 0 bridgehead atoms. The molecule has 1 amide bonds. The molecule has 1 aliphatic carbocycles. The van der Waals surface area contributed by atoms with E-state index in [0.29, 0.717) is 23.0 Å². The average Bonchev–Trinajstić information content (AvgIpc) is 3.23. The van der Waals surface area contributed by atoms with Gasteiger partial charge in [-0.05, 0) is 0 Å². The maximum atomic E-state index is 11.9. The van der Waals surface area contributed by atoms with Crippen molar-refractivity contribution in [3.05, 3.63) is 11.6 Å². The molecule has 4 N–H and O–H groups in total. The van der Waals surface area contributed by atoms with E-state index in [1.54, 1.807) is 10.9 Å². The van der Waals surface area contributed by atoms with Gasteiger partial charge in [0.15, 0.2) is 0 Å². The number of aromatic nitrogens is 4. The summed E-state index contributed by atoms with van der Waals surface area (Å²) in [5.41, 5.74) is 1.05. The number of rotatable bonds is 4. The van der Waals surface area contributed by atoms with Crippen molar-refractivity contribution in [3.8, 4) is 0 Å². The molecule has 0 radical (unpaired) electrons. The summed E-state index contributed by atoms with van der Waals surface area (Å²) in [7, 11) is 1.51. The molecular weight excluding hydrogens is 415 g/mol. The Morgan fingerprint density at radius 3 is 2.80 bits per heavy atom. The first-order valence-corrected chi connectivity index (χ1v) is 10.2. The van der Waals surface area contributed by atoms with Crippen molar-refractivity contribution < 1.29 is 15.0 Å². The van der Waals surface area contributed by atoms with E-state index >= 15 is 0 Å². The Bertz CT molecular complexity index is 828. The molecule has 4 atom stereocenters. The second kappa shape index (κ2) is 6.37. The van der Waals surface area contributed by atoms with Crippen LogP contribution in [0.25, 0.3) is 11.2 Å². The summed E-state index contributed by atoms with van der Waals surface area (Å²) in [4.78, 5) is 23.7. The van der Waals surface area contributed by atoms with E-state index in [-0.39, 0.29) is 26.1 Å². The molecular formula is C14H17ClN6O3Se. The van der Waals surface area contributed by atoms with Crippen molar-refractivity contribution in [2.24, 2.45) is 0 Å². The SMILES string of the molecule is CNC(=O)[C@@H]1[Se][C@@H](n2cnc3c(NC4CC4)nc(Cl)nc32)[C@H](O)[C@@H]1O. The van der Waals surface area contributed by atoms with Crippen LogP contribution in [0.15, 0.2) is 6.33 Å². The number of anilines is 1. The molecule has 2 fully saturated rings. The van der Waals surface area contributed by atoms with Crippen LogP contribution < -0.4 is 10.6 Å². The van der Waals surface area contributed by atoms with Gasteiger partial charge >= 0.3 is 154 Å². The minimum atomic E-state index is -1.12. The molecule has 11 heteroatoms. The Labute approximate surface area is 154 Å². The molecule has 2 aromatic rings. The first-order valence-electron chi connectivity index (χ1n) is 7.89. The van der Waals surface area contributed by atoms with Gasteiger partial charge < -0.3 is 0 Å². The van der Waals surface area contributed by atoms with Crippen LogP contribution in [-0.2, 0) is 4.79 Å². The summed E-state index contributed by atoms with van der Waals surface area (Å²) < 4.78 is 1.69. The van der Waals surface area contributed by atoms with Gasteiger partial charge in [-0.3, -0.25) is 0 Å². The number of fused-ring (bicyclic) bond motifs is 1. The molecule has 1 saturated heterocycles. The molecule has 4 rings (SSSR count). The zero-order chi connectivity index (χ0) is 17.7. The van der Waals surface area contributed by atoms with E-state index in [2.05, 4.69) is 25.6 Å². The summed E-state index contributed by atoms with van der Waals surface area (Å²) in [5.74, 6) is 0.293. The number of halogens is 1. The maximum absolute atomic E-state index is 11.9. The van der Waals surface area contributed by atoms with Crippen LogP contribution >= 0.6 is 11.6 Å². The second-order valence-corrected chi connectivity index (χ2v) is 9.11. The molecule has 0 unspecified atom stereocenters. The van der Waals surface area contributed by atoms with Crippen LogP contribution in [0.5, 0.6) is 0 Å². The molecule has 0 spiro atoms. The summed E-state index contributed by atoms with van der Waals surface area (Å²) in [6, 6.07) is 0.375. The van der Waals surface area contributed by atoms with Crippen molar-refractivity contribution in [1.29, 1.82) is 0 Å². The number of hydrogen-bond donors (Lipinski definition) is 4. The number of aliphatic hydroxyl groups is 2. The van der Waals surface area contributed by atoms with Gasteiger partial charge in [-0.2, -0.15) is 0 Å². The van der Waals surface area contributed by atoms with Crippen molar-refractivity contribution in [2.75, 3.05) is 12.4 Å². The zero-order valence-corrected chi connectivity index (χ0v) is 15.7. The van der Waals surface area contributed by atoms with Gasteiger partial charge in [0, 0.05) is 0 Å². The third kappa shape index (κ3) is 2.98. The van der Waals surface area contributed by atoms with Gasteiger partial charge in [0.25, 0.3) is 0 Å². The molecule has 3 heterocycles. The van der Waals surface area contributed by atoms with Gasteiger partial charge in [0.1, 0.15) is 0 Å². The first-order chi connectivity index (χ1) is 12.0. The standard InChI is InChI=1S/C14H17ClN6O3Se/c1-16-12(24)9-7(22)8(23)13(25-9)21-4-17-6-10(18-5-2-3-5)19-14(15)20-11(6)21/h4-5,7-9,13,22-23H,2-3H2,1H3,(H,16,24)(H,18,19,20)/t7-,8+,9+,13+/m0/s1. The quantitative estimate of drug-likeness (QED) is 0.381. The van der Waals surface area contributed by atoms with Crippen LogP contribution in [0, 0.1) is 0 Å². The van der Waals surface area contributed by atoms with E-state index in [1.165, 1.54) is 7.05 Å². The number of aliphatic hydroxyl groups excluding tert-OH is 2. The van der Waals surface area contributed by atoms with E-state index < -0.39 is 22.0 Å². The van der Waals surface area contributed by atoms with Crippen LogP contribution in [0.3, 0.4) is 0 Å². The predicted octanol–water partition coefficient (Wildman–Crippen LogP) is -0.473. The monoisotopic (exact) mass is 432 g/mol. The van der Waals surface area contributed by atoms with Crippen molar-refractivity contribution >= 4 is 49.4 Å². The fourth-order valence-electron chi connectivity index (χ4n) is 2.85. The molecule has 2 aliphatic rings. The molecule has 1 aliphatic heterocycles. The molecule has 134 valence electrons. The van der Waals surface area contributed by atoms with Gasteiger partial charge in [-0.25, -0.2) is 0 Å². The van der Waals surface area contributed by atoms with E-state index in [0.717, 1.165) is 12.8 Å². The normalized spacial score (nSPS) is 29.1. The number of carbonyl (C=O) groups excluding carboxylic acids is 1. The summed E-state index contributed by atoms with van der Waals surface area (Å²) in [6.07, 6.45) is 1.52. The fraction of sp³-hybridized carbons (Fsp3) is 0.571. The van der Waals surface area contributed by atoms with E-state index in [1.807, 2.05) is 0 Å². The average molecular weight is 432 g/mol. The van der Waals surface area contributed by atoms with Crippen LogP contribution in [0.1, 0.15) is 17.8 Å². The van der Waals surface area contributed by atoms with Crippen molar-refractivity contribution in [2.45, 2.75) is 40.8 Å². The van der Waals surface area contributed by atoms with Crippen molar-refractivity contribution in [3.63, 3.8) is 0 Å². The van der Waals surface area contributed by atoms with Crippen LogP contribution in [0.4, 0.5) is 5.82 Å². The minimum absolute atomic E-state index is 0.0841. The Morgan fingerprint density at radius 1 is 1.36 bits per heavy atom. The number of nitrogens with one attached hydrogen (secondary N) is 2. The number of nitrogens with zero attached hydrogens (tertiary/aromatic N) is 4. The fourth-order valence-corrected chi connectivity index (χ4v) is 6.10. The molecule has 1 saturated carbocycles. The predicted molar refractivity (Wildman–Crippen MR) is 91.6 cm³/mol.